The number of halogens is 1. The van der Waals surface area contributed by atoms with Crippen LogP contribution in [0.2, 0.25) is 5.02 Å². The van der Waals surface area contributed by atoms with E-state index in [1.807, 2.05) is 24.3 Å². The van der Waals surface area contributed by atoms with Crippen LogP contribution < -0.4 is 0 Å². The lowest BCUT2D eigenvalue weighted by molar-refractivity contribution is -0.133. The average Bonchev–Trinajstić information content (AvgIpc) is 3.39. The van der Waals surface area contributed by atoms with Gasteiger partial charge in [-0.3, -0.25) is 9.69 Å². The van der Waals surface area contributed by atoms with Crippen LogP contribution in [0.1, 0.15) is 43.5 Å². The van der Waals surface area contributed by atoms with Gasteiger partial charge in [0.15, 0.2) is 0 Å². The lowest BCUT2D eigenvalue weighted by Crippen LogP contribution is -2.48. The summed E-state index contributed by atoms with van der Waals surface area (Å²) in [6.45, 7) is 4.43. The summed E-state index contributed by atoms with van der Waals surface area (Å²) in [5, 5.41) is 3.99. The summed E-state index contributed by atoms with van der Waals surface area (Å²) in [5.74, 6) is 1.15. The highest BCUT2D eigenvalue weighted by Gasteiger charge is 2.23. The van der Waals surface area contributed by atoms with Crippen molar-refractivity contribution in [1.29, 1.82) is 0 Å². The van der Waals surface area contributed by atoms with Gasteiger partial charge in [-0.2, -0.15) is 0 Å². The van der Waals surface area contributed by atoms with Crippen LogP contribution in [0.4, 0.5) is 0 Å². The van der Waals surface area contributed by atoms with E-state index in [0.29, 0.717) is 5.91 Å². The van der Waals surface area contributed by atoms with Crippen LogP contribution in [0, 0.1) is 5.92 Å². The predicted molar refractivity (Wildman–Crippen MR) is 116 cm³/mol. The molecular weight excluding hydrogens is 390 g/mol. The van der Waals surface area contributed by atoms with Gasteiger partial charge >= 0.3 is 0 Å². The van der Waals surface area contributed by atoms with E-state index in [1.54, 1.807) is 11.3 Å². The van der Waals surface area contributed by atoms with E-state index in [1.165, 1.54) is 25.7 Å². The van der Waals surface area contributed by atoms with Crippen molar-refractivity contribution in [2.24, 2.45) is 5.92 Å². The first-order valence-corrected chi connectivity index (χ1v) is 11.6. The number of piperazine rings is 1. The zero-order chi connectivity index (χ0) is 19.3. The van der Waals surface area contributed by atoms with Crippen LogP contribution in [0.5, 0.6) is 0 Å². The Morgan fingerprint density at radius 2 is 1.82 bits per heavy atom. The Kier molecular flexibility index (Phi) is 6.65. The molecule has 0 radical (unpaired) electrons. The van der Waals surface area contributed by atoms with Gasteiger partial charge in [-0.25, -0.2) is 4.98 Å². The molecule has 1 saturated heterocycles. The van der Waals surface area contributed by atoms with Gasteiger partial charge in [-0.15, -0.1) is 11.3 Å². The number of nitrogens with zero attached hydrogens (tertiary/aromatic N) is 3. The highest BCUT2D eigenvalue weighted by atomic mass is 35.5. The maximum absolute atomic E-state index is 12.5. The van der Waals surface area contributed by atoms with E-state index in [9.17, 15) is 4.79 Å². The molecule has 0 atom stereocenters. The van der Waals surface area contributed by atoms with Crippen LogP contribution >= 0.6 is 22.9 Å². The lowest BCUT2D eigenvalue weighted by Gasteiger charge is -2.34. The Morgan fingerprint density at radius 3 is 2.54 bits per heavy atom. The fourth-order valence-corrected chi connectivity index (χ4v) is 5.24. The van der Waals surface area contributed by atoms with E-state index in [-0.39, 0.29) is 0 Å². The van der Waals surface area contributed by atoms with Crippen molar-refractivity contribution in [3.63, 3.8) is 0 Å². The minimum Gasteiger partial charge on any atom is -0.340 e. The standard InChI is InChI=1S/C22H28ClN3OS/c23-19-8-6-18(7-9-19)20-16-28-21(24-20)15-25-11-13-26(14-12-25)22(27)10-5-17-3-1-2-4-17/h6-9,16-17H,1-5,10-15H2. The highest BCUT2D eigenvalue weighted by Crippen LogP contribution is 2.29. The predicted octanol–water partition coefficient (Wildman–Crippen LogP) is 5.08. The minimum absolute atomic E-state index is 0.353. The number of aromatic nitrogens is 1. The number of thiazole rings is 1. The Balaban J connectivity index is 1.23. The van der Waals surface area contributed by atoms with E-state index in [2.05, 4.69) is 15.2 Å². The minimum atomic E-state index is 0.353. The zero-order valence-electron chi connectivity index (χ0n) is 16.3. The van der Waals surface area contributed by atoms with Crippen LogP contribution in [0.15, 0.2) is 29.6 Å². The number of hydrogen-bond acceptors (Lipinski definition) is 4. The smallest absolute Gasteiger partial charge is 0.222 e. The molecule has 4 rings (SSSR count). The second-order valence-electron chi connectivity index (χ2n) is 7.98. The van der Waals surface area contributed by atoms with Crippen molar-refractivity contribution in [2.75, 3.05) is 26.2 Å². The Morgan fingerprint density at radius 1 is 1.11 bits per heavy atom. The number of benzene rings is 1. The molecule has 0 bridgehead atoms. The zero-order valence-corrected chi connectivity index (χ0v) is 17.9. The largest absolute Gasteiger partial charge is 0.340 e. The van der Waals surface area contributed by atoms with Gasteiger partial charge in [0.1, 0.15) is 5.01 Å². The summed E-state index contributed by atoms with van der Waals surface area (Å²) in [7, 11) is 0. The first-order valence-electron chi connectivity index (χ1n) is 10.4. The van der Waals surface area contributed by atoms with Gasteiger partial charge in [0, 0.05) is 48.6 Å². The van der Waals surface area contributed by atoms with Crippen LogP contribution in [-0.4, -0.2) is 46.9 Å². The van der Waals surface area contributed by atoms with Crippen molar-refractivity contribution >= 4 is 28.8 Å². The van der Waals surface area contributed by atoms with Crippen molar-refractivity contribution in [2.45, 2.75) is 45.1 Å². The third kappa shape index (κ3) is 5.13. The molecule has 2 fully saturated rings. The Bertz CT molecular complexity index is 777. The molecular formula is C22H28ClN3OS. The molecule has 2 heterocycles. The third-order valence-corrected chi connectivity index (χ3v) is 7.10. The molecule has 6 heteroatoms. The normalized spacial score (nSPS) is 18.7. The second-order valence-corrected chi connectivity index (χ2v) is 9.36. The van der Waals surface area contributed by atoms with Gasteiger partial charge in [0.05, 0.1) is 12.2 Å². The second kappa shape index (κ2) is 9.38. The van der Waals surface area contributed by atoms with Crippen LogP contribution in [0.25, 0.3) is 11.3 Å². The summed E-state index contributed by atoms with van der Waals surface area (Å²) in [5.41, 5.74) is 2.11. The average molecular weight is 418 g/mol. The summed E-state index contributed by atoms with van der Waals surface area (Å²) in [4.78, 5) is 21.7. The molecule has 2 aromatic rings. The third-order valence-electron chi connectivity index (χ3n) is 6.02. The molecule has 1 aliphatic heterocycles. The Hall–Kier alpha value is -1.43. The number of carbonyl (C=O) groups excluding carboxylic acids is 1. The quantitative estimate of drug-likeness (QED) is 0.657. The number of carbonyl (C=O) groups is 1. The fraction of sp³-hybridized carbons (Fsp3) is 0.545. The lowest BCUT2D eigenvalue weighted by atomic mass is 10.0. The van der Waals surface area contributed by atoms with E-state index in [0.717, 1.165) is 72.8 Å². The van der Waals surface area contributed by atoms with Gasteiger partial charge < -0.3 is 4.90 Å². The van der Waals surface area contributed by atoms with Crippen molar-refractivity contribution < 1.29 is 4.79 Å². The Labute approximate surface area is 176 Å². The first kappa shape index (κ1) is 19.9. The summed E-state index contributed by atoms with van der Waals surface area (Å²) in [6.07, 6.45) is 7.19. The molecule has 0 unspecified atom stereocenters. The molecule has 0 spiro atoms. The monoisotopic (exact) mass is 417 g/mol. The fourth-order valence-electron chi connectivity index (χ4n) is 4.27. The van der Waals surface area contributed by atoms with E-state index in [4.69, 9.17) is 16.6 Å². The molecule has 4 nitrogen and oxygen atoms in total. The molecule has 1 amide bonds. The van der Waals surface area contributed by atoms with Gasteiger partial charge in [-0.05, 0) is 24.5 Å². The van der Waals surface area contributed by atoms with E-state index >= 15 is 0 Å². The topological polar surface area (TPSA) is 36.4 Å². The van der Waals surface area contributed by atoms with Crippen LogP contribution in [-0.2, 0) is 11.3 Å². The molecule has 1 saturated carbocycles. The van der Waals surface area contributed by atoms with Gasteiger partial charge in [0.2, 0.25) is 5.91 Å². The number of amides is 1. The summed E-state index contributed by atoms with van der Waals surface area (Å²) < 4.78 is 0. The molecule has 1 aromatic heterocycles. The van der Waals surface area contributed by atoms with E-state index < -0.39 is 0 Å². The van der Waals surface area contributed by atoms with Crippen molar-refractivity contribution in [3.8, 4) is 11.3 Å². The first-order chi connectivity index (χ1) is 13.7. The van der Waals surface area contributed by atoms with Crippen LogP contribution in [0.3, 0.4) is 0 Å². The van der Waals surface area contributed by atoms with Gasteiger partial charge in [0.25, 0.3) is 0 Å². The highest BCUT2D eigenvalue weighted by molar-refractivity contribution is 7.09. The summed E-state index contributed by atoms with van der Waals surface area (Å²) in [6, 6.07) is 7.83. The summed E-state index contributed by atoms with van der Waals surface area (Å²) >= 11 is 7.67. The van der Waals surface area contributed by atoms with Gasteiger partial charge in [-0.1, -0.05) is 49.4 Å². The molecule has 2 aliphatic rings. The number of rotatable bonds is 6. The number of hydrogen-bond donors (Lipinski definition) is 0. The van der Waals surface area contributed by atoms with Crippen molar-refractivity contribution in [3.05, 3.63) is 39.7 Å². The molecule has 150 valence electrons. The molecule has 1 aliphatic carbocycles. The molecule has 28 heavy (non-hydrogen) atoms. The van der Waals surface area contributed by atoms with Crippen molar-refractivity contribution in [1.82, 2.24) is 14.8 Å². The molecule has 0 N–H and O–H groups in total. The maximum Gasteiger partial charge on any atom is 0.222 e. The SMILES string of the molecule is O=C(CCC1CCCC1)N1CCN(Cc2nc(-c3ccc(Cl)cc3)cs2)CC1. The molecule has 1 aromatic carbocycles. The maximum atomic E-state index is 12.5.